The molecule has 1 heteroatoms. The third kappa shape index (κ3) is 3.41. The first kappa shape index (κ1) is 11.8. The van der Waals surface area contributed by atoms with Gasteiger partial charge in [-0.25, -0.2) is 0 Å². The van der Waals surface area contributed by atoms with E-state index in [4.69, 9.17) is 0 Å². The van der Waals surface area contributed by atoms with Crippen molar-refractivity contribution >= 4 is 11.8 Å². The minimum Gasteiger partial charge on any atom is -0.155 e. The van der Waals surface area contributed by atoms with Crippen molar-refractivity contribution in [2.45, 2.75) is 75.7 Å². The maximum absolute atomic E-state index is 2.47. The van der Waals surface area contributed by atoms with Gasteiger partial charge in [0.2, 0.25) is 0 Å². The summed E-state index contributed by atoms with van der Waals surface area (Å²) in [6.45, 7) is 4.90. The molecule has 15 heavy (non-hydrogen) atoms. The van der Waals surface area contributed by atoms with E-state index in [1.807, 2.05) is 0 Å². The molecule has 0 heterocycles. The Morgan fingerprint density at radius 1 is 0.800 bits per heavy atom. The minimum atomic E-state index is 0.989. The molecule has 0 aliphatic heterocycles. The first-order valence-corrected chi connectivity index (χ1v) is 7.85. The van der Waals surface area contributed by atoms with E-state index in [0.717, 1.165) is 22.3 Å². The molecular weight excluding hydrogens is 200 g/mol. The van der Waals surface area contributed by atoms with Crippen LogP contribution in [0.25, 0.3) is 0 Å². The highest BCUT2D eigenvalue weighted by Crippen LogP contribution is 2.40. The van der Waals surface area contributed by atoms with Crippen molar-refractivity contribution < 1.29 is 0 Å². The molecule has 0 amide bonds. The van der Waals surface area contributed by atoms with Gasteiger partial charge in [0.1, 0.15) is 0 Å². The molecule has 0 aromatic rings. The Morgan fingerprint density at radius 3 is 2.13 bits per heavy atom. The van der Waals surface area contributed by atoms with E-state index in [0.29, 0.717) is 0 Å². The molecule has 0 aromatic heterocycles. The Labute approximate surface area is 99.6 Å². The largest absolute Gasteiger partial charge is 0.155 e. The fourth-order valence-corrected chi connectivity index (χ4v) is 4.84. The number of hydrogen-bond donors (Lipinski definition) is 0. The second-order valence-corrected chi connectivity index (χ2v) is 7.36. The van der Waals surface area contributed by atoms with Crippen LogP contribution in [0.2, 0.25) is 0 Å². The Bertz CT molecular complexity index is 182. The fourth-order valence-electron chi connectivity index (χ4n) is 3.10. The number of thioether (sulfide) groups is 1. The molecule has 2 rings (SSSR count). The molecule has 0 aromatic carbocycles. The third-order valence-electron chi connectivity index (χ3n) is 4.36. The minimum absolute atomic E-state index is 0.989. The molecule has 2 fully saturated rings. The molecule has 2 saturated carbocycles. The van der Waals surface area contributed by atoms with Crippen LogP contribution in [0.3, 0.4) is 0 Å². The van der Waals surface area contributed by atoms with Crippen molar-refractivity contribution in [1.82, 2.24) is 0 Å². The smallest absolute Gasteiger partial charge is 0.00754 e. The van der Waals surface area contributed by atoms with Gasteiger partial charge in [0.25, 0.3) is 0 Å². The predicted octanol–water partition coefficient (Wildman–Crippen LogP) is 4.88. The average Bonchev–Trinajstić information content (AvgIpc) is 2.25. The van der Waals surface area contributed by atoms with E-state index in [2.05, 4.69) is 25.6 Å². The molecule has 2 aliphatic carbocycles. The van der Waals surface area contributed by atoms with Crippen molar-refractivity contribution in [2.75, 3.05) is 0 Å². The van der Waals surface area contributed by atoms with Crippen molar-refractivity contribution in [2.24, 2.45) is 11.8 Å². The molecule has 88 valence electrons. The van der Waals surface area contributed by atoms with Gasteiger partial charge in [-0.3, -0.25) is 0 Å². The second-order valence-electron chi connectivity index (χ2n) is 5.82. The Kier molecular flexibility index (Phi) is 4.42. The van der Waals surface area contributed by atoms with Crippen LogP contribution in [0.1, 0.15) is 65.2 Å². The van der Waals surface area contributed by atoms with E-state index in [1.165, 1.54) is 51.4 Å². The first-order chi connectivity index (χ1) is 7.25. The van der Waals surface area contributed by atoms with Gasteiger partial charge in [-0.05, 0) is 50.4 Å². The van der Waals surface area contributed by atoms with E-state index in [1.54, 1.807) is 0 Å². The van der Waals surface area contributed by atoms with Crippen molar-refractivity contribution in [3.05, 3.63) is 0 Å². The zero-order chi connectivity index (χ0) is 10.7. The molecule has 2 unspecified atom stereocenters. The summed E-state index contributed by atoms with van der Waals surface area (Å²) in [5.41, 5.74) is 0. The van der Waals surface area contributed by atoms with Gasteiger partial charge in [-0.1, -0.05) is 26.7 Å². The highest BCUT2D eigenvalue weighted by molar-refractivity contribution is 8.00. The van der Waals surface area contributed by atoms with E-state index in [-0.39, 0.29) is 0 Å². The molecule has 2 atom stereocenters. The summed E-state index contributed by atoms with van der Waals surface area (Å²) in [7, 11) is 0. The normalized spacial score (nSPS) is 42.8. The van der Waals surface area contributed by atoms with Crippen LogP contribution >= 0.6 is 11.8 Å². The highest BCUT2D eigenvalue weighted by atomic mass is 32.2. The maximum Gasteiger partial charge on any atom is 0.00754 e. The van der Waals surface area contributed by atoms with Crippen LogP contribution in [-0.2, 0) is 0 Å². The van der Waals surface area contributed by atoms with E-state index < -0.39 is 0 Å². The standard InChI is InChI=1S/C14H26S/c1-11-7-9-13(10-8-11)15-14-6-4-3-5-12(14)2/h11-14H,3-10H2,1-2H3. The molecule has 0 saturated heterocycles. The number of rotatable bonds is 2. The van der Waals surface area contributed by atoms with Crippen molar-refractivity contribution in [1.29, 1.82) is 0 Å². The highest BCUT2D eigenvalue weighted by Gasteiger charge is 2.27. The summed E-state index contributed by atoms with van der Waals surface area (Å²) < 4.78 is 0. The summed E-state index contributed by atoms with van der Waals surface area (Å²) >= 11 is 2.35. The Hall–Kier alpha value is 0.350. The van der Waals surface area contributed by atoms with Gasteiger partial charge in [-0.2, -0.15) is 11.8 Å². The molecule has 2 aliphatic rings. The van der Waals surface area contributed by atoms with Crippen LogP contribution < -0.4 is 0 Å². The first-order valence-electron chi connectivity index (χ1n) is 6.91. The van der Waals surface area contributed by atoms with Crippen LogP contribution in [0.15, 0.2) is 0 Å². The van der Waals surface area contributed by atoms with Gasteiger partial charge in [-0.15, -0.1) is 0 Å². The second kappa shape index (κ2) is 5.61. The topological polar surface area (TPSA) is 0 Å². The summed E-state index contributed by atoms with van der Waals surface area (Å²) in [6.07, 6.45) is 11.9. The van der Waals surface area contributed by atoms with Crippen molar-refractivity contribution in [3.63, 3.8) is 0 Å². The quantitative estimate of drug-likeness (QED) is 0.647. The summed E-state index contributed by atoms with van der Waals surface area (Å²) in [4.78, 5) is 0. The zero-order valence-corrected chi connectivity index (χ0v) is 11.2. The van der Waals surface area contributed by atoms with Gasteiger partial charge in [0, 0.05) is 10.5 Å². The lowest BCUT2D eigenvalue weighted by Gasteiger charge is -2.34. The SMILES string of the molecule is CC1CCC(SC2CCCCC2C)CC1. The molecule has 0 bridgehead atoms. The van der Waals surface area contributed by atoms with Crippen LogP contribution in [0.5, 0.6) is 0 Å². The van der Waals surface area contributed by atoms with Crippen LogP contribution in [0.4, 0.5) is 0 Å². The Balaban J connectivity index is 1.75. The zero-order valence-electron chi connectivity index (χ0n) is 10.4. The number of hydrogen-bond acceptors (Lipinski definition) is 1. The lowest BCUT2D eigenvalue weighted by atomic mass is 9.90. The van der Waals surface area contributed by atoms with Crippen molar-refractivity contribution in [3.8, 4) is 0 Å². The lowest BCUT2D eigenvalue weighted by Crippen LogP contribution is -2.24. The summed E-state index contributed by atoms with van der Waals surface area (Å²) in [5, 5.41) is 2.00. The maximum atomic E-state index is 2.47. The summed E-state index contributed by atoms with van der Waals surface area (Å²) in [6, 6.07) is 0. The molecule has 0 radical (unpaired) electrons. The molecule has 0 nitrogen and oxygen atoms in total. The predicted molar refractivity (Wildman–Crippen MR) is 70.4 cm³/mol. The molecule has 0 N–H and O–H groups in total. The average molecular weight is 226 g/mol. The van der Waals surface area contributed by atoms with E-state index in [9.17, 15) is 0 Å². The lowest BCUT2D eigenvalue weighted by molar-refractivity contribution is 0.379. The van der Waals surface area contributed by atoms with Crippen LogP contribution in [-0.4, -0.2) is 10.5 Å². The van der Waals surface area contributed by atoms with Gasteiger partial charge >= 0.3 is 0 Å². The monoisotopic (exact) mass is 226 g/mol. The van der Waals surface area contributed by atoms with Gasteiger partial charge in [0.15, 0.2) is 0 Å². The van der Waals surface area contributed by atoms with Gasteiger partial charge in [0.05, 0.1) is 0 Å². The Morgan fingerprint density at radius 2 is 1.47 bits per heavy atom. The van der Waals surface area contributed by atoms with Gasteiger partial charge < -0.3 is 0 Å². The fraction of sp³-hybridized carbons (Fsp3) is 1.00. The third-order valence-corrected chi connectivity index (χ3v) is 6.27. The van der Waals surface area contributed by atoms with E-state index >= 15 is 0 Å². The van der Waals surface area contributed by atoms with Crippen LogP contribution in [0, 0.1) is 11.8 Å². The summed E-state index contributed by atoms with van der Waals surface area (Å²) in [5.74, 6) is 1.99. The molecule has 0 spiro atoms. The molecular formula is C14H26S.